The Balaban J connectivity index is 0.00000410. The Morgan fingerprint density at radius 3 is 1.01 bits per heavy atom. The molecule has 0 aromatic heterocycles. The van der Waals surface area contributed by atoms with Gasteiger partial charge in [0.05, 0.1) is 36.1 Å². The third-order valence-corrected chi connectivity index (χ3v) is 18.1. The van der Waals surface area contributed by atoms with Gasteiger partial charge in [0.1, 0.15) is 100 Å². The molecule has 2 bridgehead atoms. The number of aliphatic hydroxyl groups is 2. The molecule has 10 nitrogen and oxygen atoms in total. The lowest BCUT2D eigenvalue weighted by atomic mass is 9.78. The summed E-state index contributed by atoms with van der Waals surface area (Å²) in [5.74, 6) is -1.11. The Hall–Kier alpha value is -7.18. The number of hydrogen-bond donors (Lipinski definition) is 2. The predicted octanol–water partition coefficient (Wildman–Crippen LogP) is 7.21. The van der Waals surface area contributed by atoms with E-state index in [-0.39, 0.29) is 81.1 Å². The van der Waals surface area contributed by atoms with Crippen molar-refractivity contribution in [2.24, 2.45) is 11.8 Å². The van der Waals surface area contributed by atoms with Crippen molar-refractivity contribution in [1.82, 2.24) is 0 Å². The van der Waals surface area contributed by atoms with Gasteiger partial charge in [0.2, 0.25) is 11.8 Å². The molecule has 5 aliphatic rings. The van der Waals surface area contributed by atoms with Crippen LogP contribution in [0, 0.1) is 35.1 Å². The number of carbonyl (C=O) groups excluding carboxylic acids is 2. The lowest BCUT2D eigenvalue weighted by Crippen LogP contribution is -3.00. The van der Waals surface area contributed by atoms with Crippen molar-refractivity contribution < 1.29 is 89.8 Å². The third kappa shape index (κ3) is 13.7. The van der Waals surface area contributed by atoms with Gasteiger partial charge in [-0.3, -0.25) is 9.59 Å². The van der Waals surface area contributed by atoms with Crippen LogP contribution >= 0.6 is 0 Å². The minimum absolute atomic E-state index is 0. The van der Waals surface area contributed by atoms with E-state index in [9.17, 15) is 37.4 Å². The molecule has 446 valence electrons. The smallest absolute Gasteiger partial charge is 0.233 e. The van der Waals surface area contributed by atoms with Crippen molar-refractivity contribution in [3.8, 4) is 11.5 Å². The number of piperazine rings is 3. The number of halogens is 6. The first-order chi connectivity index (χ1) is 40.8. The minimum atomic E-state index is -0.842. The van der Waals surface area contributed by atoms with E-state index in [0.717, 1.165) is 83.6 Å². The zero-order valence-corrected chi connectivity index (χ0v) is 50.6. The lowest BCUT2D eigenvalue weighted by Gasteiger charge is -2.55. The van der Waals surface area contributed by atoms with Crippen LogP contribution in [0.25, 0.3) is 0 Å². The molecule has 5 saturated heterocycles. The van der Waals surface area contributed by atoms with E-state index in [1.54, 1.807) is 58.3 Å². The average Bonchev–Trinajstić information content (AvgIpc) is 0.820. The number of benzene rings is 8. The van der Waals surface area contributed by atoms with Crippen LogP contribution in [-0.4, -0.2) is 70.3 Å². The fourth-order valence-electron chi connectivity index (χ4n) is 13.1. The van der Waals surface area contributed by atoms with Gasteiger partial charge in [0.15, 0.2) is 0 Å². The zero-order chi connectivity index (χ0) is 58.0. The summed E-state index contributed by atoms with van der Waals surface area (Å²) in [6.07, 6.45) is -0.195. The molecule has 0 spiro atoms. The van der Waals surface area contributed by atoms with Crippen LogP contribution < -0.4 is 53.2 Å². The number of quaternary nitrogens is 2. The number of rotatable bonds is 22. The van der Waals surface area contributed by atoms with E-state index < -0.39 is 24.0 Å². The van der Waals surface area contributed by atoms with E-state index in [4.69, 9.17) is 9.47 Å². The largest absolute Gasteiger partial charge is 1.00 e. The van der Waals surface area contributed by atoms with Gasteiger partial charge in [-0.1, -0.05) is 97.1 Å². The number of nitrogens with zero attached hydrogens (tertiary/aromatic N) is 4. The first-order valence-corrected chi connectivity index (χ1v) is 29.1. The number of β-lactam (4-membered cyclic amide) rings is 2. The third-order valence-electron chi connectivity index (χ3n) is 18.1. The SMILES string of the molecule is O=C1[C@H](CC[C@H](O)c2ccc(F)cc2)[C@@H](c2ccc(OCc3ccc(C[N+]45CC[N+](Cc6ccc(COc7ccc([C@@H]8[C@@H](CC[C@H](O)c9ccc(F)cc9)C(=O)N8c8ccc(F)cc8)cc7)cc6)(CC4)CC5)cc3)cc2)N1c1ccc(F)cc1.[Br-].[Br-]. The molecular formula is C70H68Br2F4N4O6. The summed E-state index contributed by atoms with van der Waals surface area (Å²) in [7, 11) is 0. The van der Waals surface area contributed by atoms with Crippen LogP contribution in [0.15, 0.2) is 194 Å². The van der Waals surface area contributed by atoms with Gasteiger partial charge in [0, 0.05) is 22.5 Å². The first-order valence-electron chi connectivity index (χ1n) is 29.1. The first kappa shape index (κ1) is 61.9. The summed E-state index contributed by atoms with van der Waals surface area (Å²) in [6.45, 7) is 9.67. The second kappa shape index (κ2) is 26.8. The fraction of sp³-hybridized carbons (Fsp3) is 0.286. The second-order valence-corrected chi connectivity index (χ2v) is 23.5. The Morgan fingerprint density at radius 1 is 0.407 bits per heavy atom. The minimum Gasteiger partial charge on any atom is -1.00 e. The number of ether oxygens (including phenoxy) is 2. The predicted molar refractivity (Wildman–Crippen MR) is 313 cm³/mol. The molecule has 0 radical (unpaired) electrons. The van der Waals surface area contributed by atoms with Crippen LogP contribution in [0.3, 0.4) is 0 Å². The summed E-state index contributed by atoms with van der Waals surface area (Å²) in [5.41, 5.74) is 9.00. The van der Waals surface area contributed by atoms with Gasteiger partial charge in [0.25, 0.3) is 0 Å². The van der Waals surface area contributed by atoms with Crippen molar-refractivity contribution in [2.45, 2.75) is 76.3 Å². The molecule has 16 heteroatoms. The number of amides is 2. The molecule has 0 unspecified atom stereocenters. The van der Waals surface area contributed by atoms with Crippen LogP contribution in [0.5, 0.6) is 11.5 Å². The highest BCUT2D eigenvalue weighted by molar-refractivity contribution is 6.04. The van der Waals surface area contributed by atoms with E-state index in [1.165, 1.54) is 59.7 Å². The molecule has 5 heterocycles. The molecule has 5 fully saturated rings. The topological polar surface area (TPSA) is 99.5 Å². The van der Waals surface area contributed by atoms with Crippen molar-refractivity contribution in [2.75, 3.05) is 49.1 Å². The van der Waals surface area contributed by atoms with Crippen molar-refractivity contribution in [3.05, 3.63) is 262 Å². The Labute approximate surface area is 520 Å². The standard InChI is InChI=1S/C70H68F4N4O6.2BrH/c71-55-17-9-51(10-18-55)65(79)35-33-63-67(75(69(63)81)59-25-21-57(73)22-26-59)53-13-29-61(30-14-53)83-45-49-5-1-47(2-6-49)43-77-37-40-78(41-38-77,42-39-77)44-48-3-7-50(8-4-48)46-84-62-31-15-54(16-32-62)68-64(34-36-66(80)52-11-19-56(72)20-12-52)70(82)76(68)60-27-23-58(74)24-28-60;;/h1-32,63-68,79-80H,33-46H2;2*1H/q+2;;/p-2/t63-,64-,65+,66+,67-,68-,77?,78?;;/m1../s1. The van der Waals surface area contributed by atoms with E-state index in [2.05, 4.69) is 48.5 Å². The molecule has 0 aliphatic carbocycles. The fourth-order valence-corrected chi connectivity index (χ4v) is 13.1. The number of carbonyl (C=O) groups is 2. The number of fused-ring (bicyclic) bond motifs is 3. The lowest BCUT2D eigenvalue weighted by molar-refractivity contribution is -1.09. The normalized spacial score (nSPS) is 22.0. The maximum absolute atomic E-state index is 13.9. The van der Waals surface area contributed by atoms with Crippen LogP contribution in [-0.2, 0) is 35.9 Å². The van der Waals surface area contributed by atoms with Gasteiger partial charge in [-0.05, 0) is 156 Å². The average molecular weight is 1300 g/mol. The molecule has 2 amide bonds. The molecule has 13 rings (SSSR count). The summed E-state index contributed by atoms with van der Waals surface area (Å²) in [4.78, 5) is 30.6. The molecule has 5 aliphatic heterocycles. The maximum atomic E-state index is 13.9. The van der Waals surface area contributed by atoms with E-state index >= 15 is 0 Å². The van der Waals surface area contributed by atoms with Gasteiger partial charge in [-0.2, -0.15) is 0 Å². The molecular weight excluding hydrogens is 1230 g/mol. The molecule has 86 heavy (non-hydrogen) atoms. The summed E-state index contributed by atoms with van der Waals surface area (Å²) in [5, 5.41) is 21.8. The molecule has 6 atom stereocenters. The Bertz CT molecular complexity index is 3310. The Kier molecular flexibility index (Phi) is 19.3. The highest BCUT2D eigenvalue weighted by Crippen LogP contribution is 2.48. The zero-order valence-electron chi connectivity index (χ0n) is 47.4. The maximum Gasteiger partial charge on any atom is 0.233 e. The number of aliphatic hydroxyl groups excluding tert-OH is 2. The van der Waals surface area contributed by atoms with Crippen LogP contribution in [0.1, 0.15) is 94.5 Å². The summed E-state index contributed by atoms with van der Waals surface area (Å²) < 4.78 is 69.5. The van der Waals surface area contributed by atoms with E-state index in [1.807, 2.05) is 48.5 Å². The van der Waals surface area contributed by atoms with Crippen molar-refractivity contribution in [3.63, 3.8) is 0 Å². The van der Waals surface area contributed by atoms with Crippen molar-refractivity contribution >= 4 is 23.2 Å². The second-order valence-electron chi connectivity index (χ2n) is 23.5. The highest BCUT2D eigenvalue weighted by Gasteiger charge is 2.51. The van der Waals surface area contributed by atoms with Crippen LogP contribution in [0.4, 0.5) is 28.9 Å². The number of hydrogen-bond acceptors (Lipinski definition) is 6. The molecule has 0 saturated carbocycles. The van der Waals surface area contributed by atoms with Gasteiger partial charge in [-0.25, -0.2) is 17.6 Å². The van der Waals surface area contributed by atoms with Crippen LogP contribution in [0.2, 0.25) is 0 Å². The summed E-state index contributed by atoms with van der Waals surface area (Å²) in [6, 6.07) is 55.7. The Morgan fingerprint density at radius 2 is 0.698 bits per heavy atom. The van der Waals surface area contributed by atoms with Gasteiger partial charge in [-0.15, -0.1) is 0 Å². The molecule has 2 N–H and O–H groups in total. The highest BCUT2D eigenvalue weighted by atomic mass is 79.9. The van der Waals surface area contributed by atoms with E-state index in [0.29, 0.717) is 72.9 Å². The quantitative estimate of drug-likeness (QED) is 0.0424. The molecule has 8 aromatic carbocycles. The molecule has 8 aromatic rings. The van der Waals surface area contributed by atoms with Crippen molar-refractivity contribution in [1.29, 1.82) is 0 Å². The summed E-state index contributed by atoms with van der Waals surface area (Å²) >= 11 is 0. The van der Waals surface area contributed by atoms with Gasteiger partial charge < -0.3 is 72.4 Å². The number of anilines is 2. The monoisotopic (exact) mass is 1290 g/mol. The van der Waals surface area contributed by atoms with Gasteiger partial charge >= 0.3 is 0 Å².